The largest absolute Gasteiger partial charge is 0.311 e. The van der Waals surface area contributed by atoms with E-state index in [2.05, 4.69) is 59.1 Å². The monoisotopic (exact) mass is 344 g/mol. The van der Waals surface area contributed by atoms with Gasteiger partial charge in [-0.05, 0) is 46.8 Å². The van der Waals surface area contributed by atoms with E-state index in [1.54, 1.807) is 0 Å². The van der Waals surface area contributed by atoms with E-state index in [1.165, 1.54) is 28.0 Å². The van der Waals surface area contributed by atoms with Gasteiger partial charge in [0.1, 0.15) is 0 Å². The third-order valence-corrected chi connectivity index (χ3v) is 5.44. The fraction of sp³-hybridized carbons (Fsp3) is 0.733. The maximum absolute atomic E-state index is 3.72. The first kappa shape index (κ1) is 15.5. The third kappa shape index (κ3) is 4.55. The van der Waals surface area contributed by atoms with E-state index in [0.717, 1.165) is 19.0 Å². The second-order valence-electron chi connectivity index (χ2n) is 5.93. The molecule has 0 amide bonds. The molecule has 0 spiro atoms. The molecule has 2 heterocycles. The first-order valence-corrected chi connectivity index (χ1v) is 8.91. The molecule has 19 heavy (non-hydrogen) atoms. The third-order valence-electron chi connectivity index (χ3n) is 3.83. The summed E-state index contributed by atoms with van der Waals surface area (Å²) in [6.45, 7) is 10.4. The van der Waals surface area contributed by atoms with Crippen LogP contribution in [0.2, 0.25) is 0 Å². The van der Waals surface area contributed by atoms with Crippen molar-refractivity contribution in [3.63, 3.8) is 0 Å². The molecule has 2 unspecified atom stereocenters. The summed E-state index contributed by atoms with van der Waals surface area (Å²) in [7, 11) is 0. The van der Waals surface area contributed by atoms with Gasteiger partial charge in [-0.3, -0.25) is 4.90 Å². The van der Waals surface area contributed by atoms with Crippen LogP contribution in [0.25, 0.3) is 0 Å². The van der Waals surface area contributed by atoms with Crippen LogP contribution >= 0.6 is 27.3 Å². The maximum Gasteiger partial charge on any atom is 0.0701 e. The quantitative estimate of drug-likeness (QED) is 0.864. The minimum Gasteiger partial charge on any atom is -0.311 e. The van der Waals surface area contributed by atoms with E-state index in [9.17, 15) is 0 Å². The number of nitrogens with one attached hydrogen (secondary N) is 1. The SMILES string of the molecule is CCC1CNC(CC(C)C)CN1Cc1ccc(Br)s1. The molecule has 1 aromatic heterocycles. The Balaban J connectivity index is 1.97. The zero-order valence-electron chi connectivity index (χ0n) is 12.2. The zero-order valence-corrected chi connectivity index (χ0v) is 14.6. The van der Waals surface area contributed by atoms with Crippen LogP contribution in [0.3, 0.4) is 0 Å². The van der Waals surface area contributed by atoms with Gasteiger partial charge in [-0.1, -0.05) is 20.8 Å². The van der Waals surface area contributed by atoms with Gasteiger partial charge in [0.15, 0.2) is 0 Å². The Morgan fingerprint density at radius 2 is 2.26 bits per heavy atom. The molecule has 0 saturated carbocycles. The Bertz CT molecular complexity index is 391. The standard InChI is InChI=1S/C15H25BrN2S/c1-4-13-8-17-12(7-11(2)3)9-18(13)10-14-5-6-15(16)19-14/h5-6,11-13,17H,4,7-10H2,1-3H3. The Hall–Kier alpha value is 0.1000. The molecular weight excluding hydrogens is 320 g/mol. The summed E-state index contributed by atoms with van der Waals surface area (Å²) in [5.74, 6) is 0.772. The summed E-state index contributed by atoms with van der Waals surface area (Å²) in [5, 5.41) is 3.72. The smallest absolute Gasteiger partial charge is 0.0701 e. The van der Waals surface area contributed by atoms with Crippen molar-refractivity contribution in [2.24, 2.45) is 5.92 Å². The van der Waals surface area contributed by atoms with Crippen LogP contribution in [0.1, 0.15) is 38.5 Å². The van der Waals surface area contributed by atoms with Crippen LogP contribution in [-0.4, -0.2) is 30.1 Å². The summed E-state index contributed by atoms with van der Waals surface area (Å²) < 4.78 is 1.24. The van der Waals surface area contributed by atoms with Gasteiger partial charge in [0.05, 0.1) is 3.79 Å². The first-order chi connectivity index (χ1) is 9.08. The summed E-state index contributed by atoms with van der Waals surface area (Å²) in [6, 6.07) is 5.76. The van der Waals surface area contributed by atoms with Crippen molar-refractivity contribution in [2.75, 3.05) is 13.1 Å². The number of hydrogen-bond donors (Lipinski definition) is 1. The van der Waals surface area contributed by atoms with E-state index in [1.807, 2.05) is 11.3 Å². The van der Waals surface area contributed by atoms with Crippen LogP contribution in [0.4, 0.5) is 0 Å². The van der Waals surface area contributed by atoms with Gasteiger partial charge in [0, 0.05) is 36.6 Å². The second kappa shape index (κ2) is 7.21. The molecule has 108 valence electrons. The van der Waals surface area contributed by atoms with Crippen molar-refractivity contribution in [3.8, 4) is 0 Å². The Morgan fingerprint density at radius 3 is 2.84 bits per heavy atom. The van der Waals surface area contributed by atoms with Crippen LogP contribution < -0.4 is 5.32 Å². The van der Waals surface area contributed by atoms with Gasteiger partial charge < -0.3 is 5.32 Å². The highest BCUT2D eigenvalue weighted by Gasteiger charge is 2.27. The maximum atomic E-state index is 3.72. The summed E-state index contributed by atoms with van der Waals surface area (Å²) in [6.07, 6.45) is 2.51. The Kier molecular flexibility index (Phi) is 5.87. The summed E-state index contributed by atoms with van der Waals surface area (Å²) in [4.78, 5) is 4.14. The highest BCUT2D eigenvalue weighted by atomic mass is 79.9. The van der Waals surface area contributed by atoms with E-state index >= 15 is 0 Å². The molecule has 1 aromatic rings. The van der Waals surface area contributed by atoms with Crippen molar-refractivity contribution < 1.29 is 0 Å². The van der Waals surface area contributed by atoms with Crippen LogP contribution in [0, 0.1) is 5.92 Å². The summed E-state index contributed by atoms with van der Waals surface area (Å²) in [5.41, 5.74) is 0. The predicted octanol–water partition coefficient (Wildman–Crippen LogP) is 4.11. The van der Waals surface area contributed by atoms with Crippen molar-refractivity contribution in [1.82, 2.24) is 10.2 Å². The first-order valence-electron chi connectivity index (χ1n) is 7.30. The number of hydrogen-bond acceptors (Lipinski definition) is 3. The van der Waals surface area contributed by atoms with Crippen molar-refractivity contribution in [2.45, 2.75) is 52.2 Å². The lowest BCUT2D eigenvalue weighted by molar-refractivity contribution is 0.112. The van der Waals surface area contributed by atoms with Gasteiger partial charge in [-0.25, -0.2) is 0 Å². The average Bonchev–Trinajstić information content (AvgIpc) is 2.74. The minimum absolute atomic E-state index is 0.659. The van der Waals surface area contributed by atoms with Gasteiger partial charge in [0.25, 0.3) is 0 Å². The highest BCUT2D eigenvalue weighted by Crippen LogP contribution is 2.25. The topological polar surface area (TPSA) is 15.3 Å². The molecule has 0 radical (unpaired) electrons. The normalized spacial score (nSPS) is 25.1. The zero-order chi connectivity index (χ0) is 13.8. The Morgan fingerprint density at radius 1 is 1.47 bits per heavy atom. The molecule has 2 nitrogen and oxygen atoms in total. The van der Waals surface area contributed by atoms with Crippen molar-refractivity contribution in [3.05, 3.63) is 20.8 Å². The molecule has 0 aromatic carbocycles. The number of piperazine rings is 1. The average molecular weight is 345 g/mol. The van der Waals surface area contributed by atoms with E-state index in [4.69, 9.17) is 0 Å². The van der Waals surface area contributed by atoms with E-state index < -0.39 is 0 Å². The number of halogens is 1. The fourth-order valence-electron chi connectivity index (χ4n) is 2.89. The molecule has 1 aliphatic heterocycles. The molecule has 0 aliphatic carbocycles. The lowest BCUT2D eigenvalue weighted by Crippen LogP contribution is -2.56. The second-order valence-corrected chi connectivity index (χ2v) is 8.48. The van der Waals surface area contributed by atoms with Crippen molar-refractivity contribution >= 4 is 27.3 Å². The molecule has 0 bridgehead atoms. The molecule has 2 atom stereocenters. The molecule has 4 heteroatoms. The lowest BCUT2D eigenvalue weighted by atomic mass is 9.99. The van der Waals surface area contributed by atoms with Gasteiger partial charge >= 0.3 is 0 Å². The minimum atomic E-state index is 0.659. The number of nitrogens with zero attached hydrogens (tertiary/aromatic N) is 1. The van der Waals surface area contributed by atoms with Gasteiger partial charge in [-0.2, -0.15) is 0 Å². The molecule has 2 rings (SSSR count). The van der Waals surface area contributed by atoms with Crippen LogP contribution in [0.5, 0.6) is 0 Å². The summed E-state index contributed by atoms with van der Waals surface area (Å²) >= 11 is 5.43. The number of rotatable bonds is 5. The Labute approximate surface area is 129 Å². The predicted molar refractivity (Wildman–Crippen MR) is 87.8 cm³/mol. The molecule has 1 aliphatic rings. The van der Waals surface area contributed by atoms with Crippen LogP contribution in [-0.2, 0) is 6.54 Å². The molecule has 1 saturated heterocycles. The molecule has 1 N–H and O–H groups in total. The van der Waals surface area contributed by atoms with E-state index in [0.29, 0.717) is 12.1 Å². The van der Waals surface area contributed by atoms with Gasteiger partial charge in [-0.15, -0.1) is 11.3 Å². The lowest BCUT2D eigenvalue weighted by Gasteiger charge is -2.40. The van der Waals surface area contributed by atoms with Gasteiger partial charge in [0.2, 0.25) is 0 Å². The fourth-order valence-corrected chi connectivity index (χ4v) is 4.40. The number of thiophene rings is 1. The molecular formula is C15H25BrN2S. The van der Waals surface area contributed by atoms with Crippen molar-refractivity contribution in [1.29, 1.82) is 0 Å². The van der Waals surface area contributed by atoms with E-state index in [-0.39, 0.29) is 0 Å². The molecule has 1 fully saturated rings. The van der Waals surface area contributed by atoms with Crippen LogP contribution in [0.15, 0.2) is 15.9 Å². The highest BCUT2D eigenvalue weighted by molar-refractivity contribution is 9.11.